The minimum absolute atomic E-state index is 0.510. The molecule has 0 bridgehead atoms. The molecule has 16 heavy (non-hydrogen) atoms. The van der Waals surface area contributed by atoms with Gasteiger partial charge in [-0.1, -0.05) is 19.1 Å². The summed E-state index contributed by atoms with van der Waals surface area (Å²) in [6.07, 6.45) is 1.70. The number of aryl methyl sites for hydroxylation is 1. The number of halogens is 1. The second-order valence-electron chi connectivity index (χ2n) is 3.45. The van der Waals surface area contributed by atoms with Gasteiger partial charge >= 0.3 is 5.37 Å². The van der Waals surface area contributed by atoms with E-state index in [0.29, 0.717) is 6.54 Å². The highest BCUT2D eigenvalue weighted by atomic mass is 35.5. The molecule has 1 amide bonds. The second-order valence-corrected chi connectivity index (χ2v) is 3.79. The zero-order valence-corrected chi connectivity index (χ0v) is 10.3. The van der Waals surface area contributed by atoms with Crippen molar-refractivity contribution in [3.8, 4) is 5.75 Å². The Morgan fingerprint density at radius 3 is 2.81 bits per heavy atom. The minimum Gasteiger partial charge on any atom is -0.496 e. The third-order valence-corrected chi connectivity index (χ3v) is 2.54. The topological polar surface area (TPSA) is 38.3 Å². The summed E-state index contributed by atoms with van der Waals surface area (Å²) in [5.74, 6) is 0.910. The number of ether oxygens (including phenoxy) is 1. The molecule has 0 saturated carbocycles. The number of rotatable bonds is 5. The van der Waals surface area contributed by atoms with Crippen molar-refractivity contribution in [3.63, 3.8) is 0 Å². The van der Waals surface area contributed by atoms with Crippen molar-refractivity contribution in [2.45, 2.75) is 19.8 Å². The number of hydrogen-bond donors (Lipinski definition) is 1. The van der Waals surface area contributed by atoms with Crippen LogP contribution in [0.3, 0.4) is 0 Å². The second kappa shape index (κ2) is 6.38. The van der Waals surface area contributed by atoms with E-state index in [9.17, 15) is 4.79 Å². The Balaban J connectivity index is 2.64. The molecule has 3 nitrogen and oxygen atoms in total. The number of amides is 1. The Labute approximate surface area is 101 Å². The molecule has 0 unspecified atom stereocenters. The van der Waals surface area contributed by atoms with Crippen LogP contribution in [0, 0.1) is 0 Å². The number of nitrogens with one attached hydrogen (secondary N) is 1. The maximum atomic E-state index is 10.5. The predicted octanol–water partition coefficient (Wildman–Crippen LogP) is 2.75. The molecule has 4 heteroatoms. The molecule has 1 aromatic rings. The van der Waals surface area contributed by atoms with Gasteiger partial charge in [-0.15, -0.1) is 0 Å². The maximum absolute atomic E-state index is 10.5. The van der Waals surface area contributed by atoms with E-state index < -0.39 is 5.37 Å². The zero-order chi connectivity index (χ0) is 12.0. The summed E-state index contributed by atoms with van der Waals surface area (Å²) in [6, 6.07) is 6.05. The van der Waals surface area contributed by atoms with Crippen LogP contribution in [-0.4, -0.2) is 19.0 Å². The van der Waals surface area contributed by atoms with Gasteiger partial charge in [-0.2, -0.15) is 0 Å². The summed E-state index contributed by atoms with van der Waals surface area (Å²) in [5.41, 5.74) is 2.35. The van der Waals surface area contributed by atoms with E-state index in [2.05, 4.69) is 18.3 Å². The lowest BCUT2D eigenvalue weighted by Crippen LogP contribution is -2.19. The number of methoxy groups -OCH3 is 1. The number of benzene rings is 1. The first-order chi connectivity index (χ1) is 7.67. The largest absolute Gasteiger partial charge is 0.496 e. The molecule has 0 aliphatic rings. The molecule has 1 rings (SSSR count). The van der Waals surface area contributed by atoms with Crippen LogP contribution in [0.4, 0.5) is 4.79 Å². The van der Waals surface area contributed by atoms with Gasteiger partial charge in [0, 0.05) is 6.54 Å². The normalized spacial score (nSPS) is 9.94. The highest BCUT2D eigenvalue weighted by Crippen LogP contribution is 2.20. The van der Waals surface area contributed by atoms with Gasteiger partial charge in [0.1, 0.15) is 5.75 Å². The smallest absolute Gasteiger partial charge is 0.313 e. The number of carbonyl (C=O) groups is 1. The van der Waals surface area contributed by atoms with Gasteiger partial charge in [-0.3, -0.25) is 4.79 Å². The molecule has 0 atom stereocenters. The average molecular weight is 242 g/mol. The fourth-order valence-electron chi connectivity index (χ4n) is 1.57. The van der Waals surface area contributed by atoms with Crippen LogP contribution in [-0.2, 0) is 12.8 Å². The van der Waals surface area contributed by atoms with Gasteiger partial charge in [0.05, 0.1) is 7.11 Å². The van der Waals surface area contributed by atoms with Crippen molar-refractivity contribution in [3.05, 3.63) is 29.3 Å². The Morgan fingerprint density at radius 2 is 2.25 bits per heavy atom. The van der Waals surface area contributed by atoms with Crippen LogP contribution in [0.2, 0.25) is 0 Å². The van der Waals surface area contributed by atoms with E-state index in [0.717, 1.165) is 18.6 Å². The molecule has 0 heterocycles. The molecule has 0 spiro atoms. The van der Waals surface area contributed by atoms with Crippen molar-refractivity contribution >= 4 is 17.0 Å². The van der Waals surface area contributed by atoms with Gasteiger partial charge in [-0.25, -0.2) is 0 Å². The summed E-state index contributed by atoms with van der Waals surface area (Å²) in [5, 5.41) is 2.05. The lowest BCUT2D eigenvalue weighted by Gasteiger charge is -2.09. The summed E-state index contributed by atoms with van der Waals surface area (Å²) in [4.78, 5) is 10.5. The Morgan fingerprint density at radius 1 is 1.50 bits per heavy atom. The number of carbonyl (C=O) groups excluding carboxylic acids is 1. The Bertz CT molecular complexity index is 366. The fraction of sp³-hybridized carbons (Fsp3) is 0.417. The summed E-state index contributed by atoms with van der Waals surface area (Å²) < 4.78 is 5.24. The monoisotopic (exact) mass is 241 g/mol. The van der Waals surface area contributed by atoms with Crippen LogP contribution in [0.5, 0.6) is 5.75 Å². The van der Waals surface area contributed by atoms with Gasteiger partial charge in [-0.05, 0) is 41.6 Å². The third kappa shape index (κ3) is 3.74. The SMILES string of the molecule is CCc1cc(CCNC(=O)Cl)ccc1OC. The minimum atomic E-state index is -0.510. The summed E-state index contributed by atoms with van der Waals surface area (Å²) in [7, 11) is 1.67. The highest BCUT2D eigenvalue weighted by Gasteiger charge is 2.02. The van der Waals surface area contributed by atoms with Gasteiger partial charge in [0.2, 0.25) is 0 Å². The average Bonchev–Trinajstić information content (AvgIpc) is 2.28. The van der Waals surface area contributed by atoms with Crippen LogP contribution in [0.15, 0.2) is 18.2 Å². The number of hydrogen-bond acceptors (Lipinski definition) is 2. The fourth-order valence-corrected chi connectivity index (χ4v) is 1.66. The van der Waals surface area contributed by atoms with E-state index in [1.165, 1.54) is 11.1 Å². The molecule has 88 valence electrons. The molecule has 0 aliphatic carbocycles. The molecule has 0 saturated heterocycles. The highest BCUT2D eigenvalue weighted by molar-refractivity contribution is 6.62. The van der Waals surface area contributed by atoms with Crippen molar-refractivity contribution in [2.24, 2.45) is 0 Å². The molecule has 1 N–H and O–H groups in total. The maximum Gasteiger partial charge on any atom is 0.313 e. The van der Waals surface area contributed by atoms with Crippen molar-refractivity contribution in [1.82, 2.24) is 5.32 Å². The van der Waals surface area contributed by atoms with Crippen molar-refractivity contribution in [2.75, 3.05) is 13.7 Å². The lowest BCUT2D eigenvalue weighted by molar-refractivity contribution is 0.260. The molecule has 0 fully saturated rings. The van der Waals surface area contributed by atoms with E-state index in [1.54, 1.807) is 7.11 Å². The first-order valence-corrected chi connectivity index (χ1v) is 5.64. The first kappa shape index (κ1) is 12.8. The Hall–Kier alpha value is -1.22. The van der Waals surface area contributed by atoms with E-state index in [1.807, 2.05) is 12.1 Å². The van der Waals surface area contributed by atoms with E-state index in [4.69, 9.17) is 16.3 Å². The van der Waals surface area contributed by atoms with Crippen LogP contribution in [0.1, 0.15) is 18.1 Å². The predicted molar refractivity (Wildman–Crippen MR) is 65.3 cm³/mol. The molecule has 0 radical (unpaired) electrons. The van der Waals surface area contributed by atoms with E-state index in [-0.39, 0.29) is 0 Å². The van der Waals surface area contributed by atoms with Crippen molar-refractivity contribution < 1.29 is 9.53 Å². The Kier molecular flexibility index (Phi) is 5.12. The molecular weight excluding hydrogens is 226 g/mol. The van der Waals surface area contributed by atoms with E-state index >= 15 is 0 Å². The molecule has 0 aliphatic heterocycles. The molecule has 1 aromatic carbocycles. The molecule has 0 aromatic heterocycles. The molecular formula is C12H16ClNO2. The van der Waals surface area contributed by atoms with Crippen LogP contribution in [0.25, 0.3) is 0 Å². The summed E-state index contributed by atoms with van der Waals surface area (Å²) >= 11 is 5.18. The summed E-state index contributed by atoms with van der Waals surface area (Å²) in [6.45, 7) is 2.64. The van der Waals surface area contributed by atoms with Crippen molar-refractivity contribution in [1.29, 1.82) is 0 Å². The van der Waals surface area contributed by atoms with Gasteiger partial charge in [0.25, 0.3) is 0 Å². The van der Waals surface area contributed by atoms with Gasteiger partial charge in [0.15, 0.2) is 0 Å². The van der Waals surface area contributed by atoms with Crippen LogP contribution < -0.4 is 10.1 Å². The first-order valence-electron chi connectivity index (χ1n) is 5.26. The lowest BCUT2D eigenvalue weighted by atomic mass is 10.1. The standard InChI is InChI=1S/C12H16ClNO2/c1-3-10-8-9(4-5-11(10)16-2)6-7-14-12(13)15/h4-5,8H,3,6-7H2,1-2H3,(H,14,15). The van der Waals surface area contributed by atoms with Crippen LogP contribution >= 0.6 is 11.6 Å². The quantitative estimate of drug-likeness (QED) is 0.636. The van der Waals surface area contributed by atoms with Gasteiger partial charge < -0.3 is 10.1 Å². The third-order valence-electron chi connectivity index (χ3n) is 2.40. The zero-order valence-electron chi connectivity index (χ0n) is 9.55.